The van der Waals surface area contributed by atoms with Gasteiger partial charge in [0.25, 0.3) is 0 Å². The van der Waals surface area contributed by atoms with Crippen LogP contribution in [0.25, 0.3) is 96.7 Å². The molecule has 0 N–H and O–H groups in total. The normalized spacial score (nSPS) is 11.9. The molecule has 0 atom stereocenters. The van der Waals surface area contributed by atoms with Crippen molar-refractivity contribution in [1.29, 1.82) is 0 Å². The van der Waals surface area contributed by atoms with Crippen molar-refractivity contribution in [1.82, 2.24) is 0 Å². The third-order valence-electron chi connectivity index (χ3n) is 13.1. The van der Waals surface area contributed by atoms with Gasteiger partial charge in [0.1, 0.15) is 11.2 Å². The molecule has 0 aliphatic carbocycles. The summed E-state index contributed by atoms with van der Waals surface area (Å²) in [6.45, 7) is 2.27. The number of hydrogen-bond donors (Lipinski definition) is 0. The van der Waals surface area contributed by atoms with Crippen molar-refractivity contribution in [2.75, 3.05) is 4.90 Å². The molecule has 12 rings (SSSR count). The number of aryl methyl sites for hydroxylation is 1. The highest BCUT2D eigenvalue weighted by molar-refractivity contribution is 7.25. The molecule has 0 spiro atoms. The van der Waals surface area contributed by atoms with Crippen LogP contribution in [-0.2, 0) is 6.42 Å². The van der Waals surface area contributed by atoms with Gasteiger partial charge in [-0.05, 0) is 146 Å². The molecule has 2 heterocycles. The summed E-state index contributed by atoms with van der Waals surface area (Å²) in [5.74, 6) is 0. The molecule has 0 aliphatic rings. The van der Waals surface area contributed by atoms with Crippen LogP contribution in [0.3, 0.4) is 0 Å². The molecule has 2 nitrogen and oxygen atoms in total. The van der Waals surface area contributed by atoms with Gasteiger partial charge in [0, 0.05) is 48.0 Å². The van der Waals surface area contributed by atoms with Crippen molar-refractivity contribution in [3.63, 3.8) is 0 Å². The molecule has 0 saturated heterocycles. The molecule has 0 aliphatic heterocycles. The number of anilines is 3. The largest absolute Gasteiger partial charge is 0.456 e. The van der Waals surface area contributed by atoms with E-state index in [9.17, 15) is 0 Å². The third kappa shape index (κ3) is 6.63. The number of thiophene rings is 1. The van der Waals surface area contributed by atoms with Crippen LogP contribution in [0.4, 0.5) is 17.1 Å². The van der Waals surface area contributed by atoms with Gasteiger partial charge in [-0.2, -0.15) is 0 Å². The van der Waals surface area contributed by atoms with E-state index in [1.807, 2.05) is 11.3 Å². The fourth-order valence-electron chi connectivity index (χ4n) is 9.91. The molecule has 0 amide bonds. The first-order valence-electron chi connectivity index (χ1n) is 22.4. The van der Waals surface area contributed by atoms with Crippen molar-refractivity contribution in [3.8, 4) is 22.3 Å². The van der Waals surface area contributed by atoms with E-state index in [-0.39, 0.29) is 0 Å². The Morgan fingerprint density at radius 2 is 0.921 bits per heavy atom. The summed E-state index contributed by atoms with van der Waals surface area (Å²) in [7, 11) is 0. The Kier molecular flexibility index (Phi) is 9.31. The molecule has 2 aromatic heterocycles. The first-order valence-corrected chi connectivity index (χ1v) is 23.2. The predicted molar refractivity (Wildman–Crippen MR) is 273 cm³/mol. The molecular weight excluding hydrogens is 783 g/mol. The number of furan rings is 1. The maximum atomic E-state index is 6.48. The number of hydrogen-bond acceptors (Lipinski definition) is 3. The first-order chi connectivity index (χ1) is 31.2. The van der Waals surface area contributed by atoms with E-state index in [0.717, 1.165) is 45.4 Å². The standard InChI is InChI=1S/C60H45NOS/c1-2-3-4-6-14-39-23-25-41(26-24-39)42-17-13-18-44(33-42)61(45-28-31-58-54(35-45)53-34-43(27-30-57(53)62-58)40-15-7-5-8-16-40)46-29-32-59-55(36-46)56-37-51-49-21-11-9-19-47(49)48-20-10-12-22-50(48)52(51)38-60(56)63-59/h5,7-13,15-38H,2-4,6,14H2,1H3. The summed E-state index contributed by atoms with van der Waals surface area (Å²) in [5.41, 5.74) is 11.3. The van der Waals surface area contributed by atoms with E-state index in [1.165, 1.54) is 106 Å². The second kappa shape index (κ2) is 15.6. The molecule has 0 unspecified atom stereocenters. The van der Waals surface area contributed by atoms with Crippen LogP contribution in [0, 0.1) is 0 Å². The van der Waals surface area contributed by atoms with E-state index >= 15 is 0 Å². The van der Waals surface area contributed by atoms with Gasteiger partial charge < -0.3 is 9.32 Å². The lowest BCUT2D eigenvalue weighted by Crippen LogP contribution is -2.10. The predicted octanol–water partition coefficient (Wildman–Crippen LogP) is 18.3. The molecule has 0 bridgehead atoms. The molecule has 63 heavy (non-hydrogen) atoms. The van der Waals surface area contributed by atoms with Crippen LogP contribution in [0.2, 0.25) is 0 Å². The smallest absolute Gasteiger partial charge is 0.135 e. The molecule has 0 radical (unpaired) electrons. The van der Waals surface area contributed by atoms with Crippen LogP contribution in [0.15, 0.2) is 199 Å². The van der Waals surface area contributed by atoms with E-state index in [4.69, 9.17) is 4.42 Å². The number of unbranched alkanes of at least 4 members (excludes halogenated alkanes) is 3. The quantitative estimate of drug-likeness (QED) is 0.101. The third-order valence-corrected chi connectivity index (χ3v) is 14.2. The Morgan fingerprint density at radius 1 is 0.365 bits per heavy atom. The highest BCUT2D eigenvalue weighted by atomic mass is 32.1. The fourth-order valence-corrected chi connectivity index (χ4v) is 11.0. The molecule has 0 fully saturated rings. The number of fused-ring (bicyclic) bond motifs is 12. The minimum absolute atomic E-state index is 0.883. The van der Waals surface area contributed by atoms with Crippen LogP contribution < -0.4 is 4.90 Å². The SMILES string of the molecule is CCCCCCc1ccc(-c2cccc(N(c3ccc4oc5ccc(-c6ccccc6)cc5c4c3)c3ccc4sc5cc6c7ccccc7c7ccccc7c6cc5c4c3)c2)cc1. The zero-order chi connectivity index (χ0) is 41.9. The van der Waals surface area contributed by atoms with Gasteiger partial charge in [0.05, 0.1) is 0 Å². The topological polar surface area (TPSA) is 16.4 Å². The highest BCUT2D eigenvalue weighted by Gasteiger charge is 2.19. The molecule has 10 aromatic carbocycles. The Labute approximate surface area is 371 Å². The molecule has 302 valence electrons. The van der Waals surface area contributed by atoms with Gasteiger partial charge in [-0.25, -0.2) is 0 Å². The minimum Gasteiger partial charge on any atom is -0.456 e. The van der Waals surface area contributed by atoms with Gasteiger partial charge in [0.15, 0.2) is 0 Å². The minimum atomic E-state index is 0.883. The summed E-state index contributed by atoms with van der Waals surface area (Å²) < 4.78 is 9.07. The van der Waals surface area contributed by atoms with Crippen LogP contribution in [-0.4, -0.2) is 0 Å². The molecule has 3 heteroatoms. The van der Waals surface area contributed by atoms with Crippen LogP contribution in [0.1, 0.15) is 38.2 Å². The Bertz CT molecular complexity index is 3670. The van der Waals surface area contributed by atoms with Gasteiger partial charge in [-0.15, -0.1) is 11.3 Å². The van der Waals surface area contributed by atoms with Gasteiger partial charge in [0.2, 0.25) is 0 Å². The average molecular weight is 828 g/mol. The first kappa shape index (κ1) is 37.6. The monoisotopic (exact) mass is 827 g/mol. The van der Waals surface area contributed by atoms with Gasteiger partial charge in [-0.3, -0.25) is 0 Å². The van der Waals surface area contributed by atoms with Gasteiger partial charge >= 0.3 is 0 Å². The summed E-state index contributed by atoms with van der Waals surface area (Å²) in [6, 6.07) is 71.7. The second-order valence-electron chi connectivity index (χ2n) is 17.0. The molecule has 12 aromatic rings. The Hall–Kier alpha value is -7.20. The van der Waals surface area contributed by atoms with Crippen molar-refractivity contribution in [3.05, 3.63) is 200 Å². The lowest BCUT2D eigenvalue weighted by Gasteiger charge is -2.26. The summed E-state index contributed by atoms with van der Waals surface area (Å²) >= 11 is 1.88. The molecule has 0 saturated carbocycles. The Morgan fingerprint density at radius 3 is 1.67 bits per heavy atom. The average Bonchev–Trinajstić information content (AvgIpc) is 3.90. The maximum absolute atomic E-state index is 6.48. The van der Waals surface area contributed by atoms with E-state index in [1.54, 1.807) is 0 Å². The summed E-state index contributed by atoms with van der Waals surface area (Å²) in [6.07, 6.45) is 6.24. The number of rotatable bonds is 10. The lowest BCUT2D eigenvalue weighted by molar-refractivity contribution is 0.667. The van der Waals surface area contributed by atoms with E-state index in [2.05, 4.69) is 206 Å². The van der Waals surface area contributed by atoms with Crippen LogP contribution >= 0.6 is 11.3 Å². The second-order valence-corrected chi connectivity index (χ2v) is 18.1. The fraction of sp³-hybridized carbons (Fsp3) is 0.100. The van der Waals surface area contributed by atoms with Crippen molar-refractivity contribution in [2.45, 2.75) is 39.0 Å². The van der Waals surface area contributed by atoms with E-state index < -0.39 is 0 Å². The van der Waals surface area contributed by atoms with Crippen molar-refractivity contribution >= 4 is 103 Å². The van der Waals surface area contributed by atoms with Crippen LogP contribution in [0.5, 0.6) is 0 Å². The zero-order valence-corrected chi connectivity index (χ0v) is 36.1. The maximum Gasteiger partial charge on any atom is 0.135 e. The number of benzene rings is 10. The van der Waals surface area contributed by atoms with Crippen molar-refractivity contribution < 1.29 is 4.42 Å². The van der Waals surface area contributed by atoms with Crippen molar-refractivity contribution in [2.24, 2.45) is 0 Å². The highest BCUT2D eigenvalue weighted by Crippen LogP contribution is 2.46. The summed E-state index contributed by atoms with van der Waals surface area (Å²) in [4.78, 5) is 2.43. The number of nitrogens with zero attached hydrogens (tertiary/aromatic N) is 1. The Balaban J connectivity index is 1.03. The van der Waals surface area contributed by atoms with E-state index in [0.29, 0.717) is 0 Å². The lowest BCUT2D eigenvalue weighted by atomic mass is 9.93. The van der Waals surface area contributed by atoms with Gasteiger partial charge in [-0.1, -0.05) is 148 Å². The summed E-state index contributed by atoms with van der Waals surface area (Å²) in [5, 5.41) is 12.6. The zero-order valence-electron chi connectivity index (χ0n) is 35.3. The molecular formula is C60H45NOS.